The number of carbonyl (C=O) groups is 3. The predicted molar refractivity (Wildman–Crippen MR) is 213 cm³/mol. The molecule has 0 radical (unpaired) electrons. The van der Waals surface area contributed by atoms with Crippen LogP contribution in [0.1, 0.15) is 84.6 Å². The van der Waals surface area contributed by atoms with E-state index in [4.69, 9.17) is 18.9 Å². The van der Waals surface area contributed by atoms with Gasteiger partial charge in [0.2, 0.25) is 17.7 Å². The van der Waals surface area contributed by atoms with Gasteiger partial charge in [0, 0.05) is 37.1 Å². The molecule has 2 N–H and O–H groups in total. The maximum absolute atomic E-state index is 13.8. The van der Waals surface area contributed by atoms with Crippen molar-refractivity contribution in [2.75, 3.05) is 64.2 Å². The van der Waals surface area contributed by atoms with Crippen molar-refractivity contribution in [3.8, 4) is 22.5 Å². The SMILES string of the molecule is CC(C)CCCCCCCNC(=O)CCC(=O)N1Cc2ccccc2-c2c(nnn2CCOCCOCCOCCNC(=O)COC(C)C)-c2ccccc21. The molecule has 0 spiro atoms. The molecule has 0 saturated carbocycles. The Kier molecular flexibility index (Phi) is 19.3. The smallest absolute Gasteiger partial charge is 0.246 e. The Bertz CT molecular complexity index is 1610. The number of para-hydroxylation sites is 1. The molecule has 0 atom stereocenters. The van der Waals surface area contributed by atoms with Gasteiger partial charge in [-0.05, 0) is 37.8 Å². The van der Waals surface area contributed by atoms with Crippen molar-refractivity contribution in [3.63, 3.8) is 0 Å². The minimum Gasteiger partial charge on any atom is -0.377 e. The number of anilines is 1. The second-order valence-electron chi connectivity index (χ2n) is 14.5. The van der Waals surface area contributed by atoms with Crippen LogP contribution in [0.25, 0.3) is 22.5 Å². The Morgan fingerprint density at radius 3 is 2.15 bits per heavy atom. The van der Waals surface area contributed by atoms with Gasteiger partial charge < -0.3 is 34.5 Å². The number of nitrogens with one attached hydrogen (secondary N) is 2. The molecule has 0 saturated heterocycles. The van der Waals surface area contributed by atoms with Crippen molar-refractivity contribution in [1.29, 1.82) is 0 Å². The molecule has 3 aromatic rings. The molecule has 55 heavy (non-hydrogen) atoms. The molecule has 4 rings (SSSR count). The van der Waals surface area contributed by atoms with E-state index >= 15 is 0 Å². The van der Waals surface area contributed by atoms with Crippen LogP contribution in [0.4, 0.5) is 5.69 Å². The highest BCUT2D eigenvalue weighted by molar-refractivity contribution is 6.01. The number of hydrogen-bond acceptors (Lipinski definition) is 9. The maximum Gasteiger partial charge on any atom is 0.246 e. The third-order valence-electron chi connectivity index (χ3n) is 9.24. The topological polar surface area (TPSA) is 146 Å². The van der Waals surface area contributed by atoms with E-state index < -0.39 is 0 Å². The molecule has 2 aromatic carbocycles. The lowest BCUT2D eigenvalue weighted by Crippen LogP contribution is -2.33. The van der Waals surface area contributed by atoms with Crippen molar-refractivity contribution >= 4 is 23.4 Å². The van der Waals surface area contributed by atoms with Gasteiger partial charge >= 0.3 is 0 Å². The number of ether oxygens (including phenoxy) is 4. The molecule has 3 amide bonds. The van der Waals surface area contributed by atoms with Crippen LogP contribution in [0.3, 0.4) is 0 Å². The molecule has 13 nitrogen and oxygen atoms in total. The van der Waals surface area contributed by atoms with Crippen LogP contribution in [0, 0.1) is 5.92 Å². The number of amides is 3. The summed E-state index contributed by atoms with van der Waals surface area (Å²) in [5, 5.41) is 14.9. The first-order chi connectivity index (χ1) is 26.7. The van der Waals surface area contributed by atoms with Gasteiger partial charge in [0.05, 0.1) is 70.2 Å². The van der Waals surface area contributed by atoms with E-state index in [1.165, 1.54) is 25.7 Å². The van der Waals surface area contributed by atoms with Gasteiger partial charge in [0.1, 0.15) is 12.3 Å². The molecule has 2 heterocycles. The minimum absolute atomic E-state index is 0.0137. The van der Waals surface area contributed by atoms with Crippen molar-refractivity contribution in [1.82, 2.24) is 25.6 Å². The van der Waals surface area contributed by atoms with Gasteiger partial charge in [-0.25, -0.2) is 4.68 Å². The third-order valence-corrected chi connectivity index (χ3v) is 9.24. The van der Waals surface area contributed by atoms with E-state index in [-0.39, 0.29) is 43.3 Å². The van der Waals surface area contributed by atoms with Crippen LogP contribution in [0.2, 0.25) is 0 Å². The summed E-state index contributed by atoms with van der Waals surface area (Å²) in [6, 6.07) is 15.8. The molecule has 0 fully saturated rings. The maximum atomic E-state index is 13.8. The van der Waals surface area contributed by atoms with Crippen LogP contribution < -0.4 is 15.5 Å². The van der Waals surface area contributed by atoms with E-state index in [0.717, 1.165) is 46.8 Å². The first-order valence-corrected chi connectivity index (χ1v) is 20.0. The molecule has 1 aromatic heterocycles. The standard InChI is InChI=1S/C42H62N6O7/c1-32(2)14-8-6-5-7-13-21-43-38(49)19-20-40(51)47-30-34-15-9-10-16-35(34)42-41(36-17-11-12-18-37(36)47)45-46-48(42)23-25-53-27-29-54-28-26-52-24-22-44-39(50)31-55-33(3)4/h9-12,15-18,32-33H,5-8,13-14,19-31H2,1-4H3,(H,43,49)(H,44,50). The van der Waals surface area contributed by atoms with Crippen molar-refractivity contribution < 1.29 is 33.3 Å². The monoisotopic (exact) mass is 762 g/mol. The number of benzene rings is 2. The van der Waals surface area contributed by atoms with Gasteiger partial charge in [-0.1, -0.05) is 93.6 Å². The summed E-state index contributed by atoms with van der Waals surface area (Å²) < 4.78 is 24.1. The Balaban J connectivity index is 1.24. The van der Waals surface area contributed by atoms with Gasteiger partial charge in [0.15, 0.2) is 0 Å². The Morgan fingerprint density at radius 1 is 0.727 bits per heavy atom. The fourth-order valence-electron chi connectivity index (χ4n) is 6.32. The van der Waals surface area contributed by atoms with E-state index in [9.17, 15) is 14.4 Å². The zero-order valence-corrected chi connectivity index (χ0v) is 33.4. The molecule has 13 heteroatoms. The van der Waals surface area contributed by atoms with Gasteiger partial charge in [-0.15, -0.1) is 5.10 Å². The van der Waals surface area contributed by atoms with Gasteiger partial charge in [-0.2, -0.15) is 0 Å². The quantitative estimate of drug-likeness (QED) is 0.0949. The number of rotatable bonds is 26. The summed E-state index contributed by atoms with van der Waals surface area (Å²) in [4.78, 5) is 40.0. The molecular formula is C42H62N6O7. The molecule has 1 aliphatic heterocycles. The van der Waals surface area contributed by atoms with Crippen LogP contribution in [0.5, 0.6) is 0 Å². The number of carbonyl (C=O) groups excluding carboxylic acids is 3. The Labute approximate surface area is 326 Å². The third kappa shape index (κ3) is 15.1. The zero-order chi connectivity index (χ0) is 39.3. The highest BCUT2D eigenvalue weighted by Crippen LogP contribution is 2.41. The minimum atomic E-state index is -0.159. The first-order valence-electron chi connectivity index (χ1n) is 20.0. The van der Waals surface area contributed by atoms with Gasteiger partial charge in [-0.3, -0.25) is 14.4 Å². The van der Waals surface area contributed by atoms with Crippen molar-refractivity contribution in [2.45, 2.75) is 98.3 Å². The fourth-order valence-corrected chi connectivity index (χ4v) is 6.32. The molecule has 0 bridgehead atoms. The summed E-state index contributed by atoms with van der Waals surface area (Å²) in [6.07, 6.45) is 7.29. The number of hydrogen-bond donors (Lipinski definition) is 2. The normalized spacial score (nSPS) is 12.2. The molecule has 0 unspecified atom stereocenters. The lowest BCUT2D eigenvalue weighted by Gasteiger charge is -2.28. The number of aromatic nitrogens is 3. The van der Waals surface area contributed by atoms with E-state index in [2.05, 4.69) is 34.8 Å². The predicted octanol–water partition coefficient (Wildman–Crippen LogP) is 5.94. The molecule has 0 aliphatic carbocycles. The number of nitrogens with zero attached hydrogens (tertiary/aromatic N) is 4. The lowest BCUT2D eigenvalue weighted by atomic mass is 9.95. The second kappa shape index (κ2) is 24.4. The highest BCUT2D eigenvalue weighted by atomic mass is 16.5. The number of unbranched alkanes of at least 4 members (excludes halogenated alkanes) is 4. The number of fused-ring (bicyclic) bond motifs is 5. The second-order valence-corrected chi connectivity index (χ2v) is 14.5. The Morgan fingerprint density at radius 2 is 1.38 bits per heavy atom. The molecular weight excluding hydrogens is 700 g/mol. The van der Waals surface area contributed by atoms with E-state index in [1.807, 2.05) is 67.1 Å². The average molecular weight is 763 g/mol. The fraction of sp³-hybridized carbons (Fsp3) is 0.595. The first kappa shape index (κ1) is 43.6. The van der Waals surface area contributed by atoms with Crippen LogP contribution in [-0.2, 0) is 46.4 Å². The van der Waals surface area contributed by atoms with Crippen molar-refractivity contribution in [2.24, 2.45) is 5.92 Å². The van der Waals surface area contributed by atoms with Crippen LogP contribution in [-0.4, -0.2) is 98.2 Å². The van der Waals surface area contributed by atoms with E-state index in [0.29, 0.717) is 71.5 Å². The summed E-state index contributed by atoms with van der Waals surface area (Å²) in [7, 11) is 0. The lowest BCUT2D eigenvalue weighted by molar-refractivity contribution is -0.127. The zero-order valence-electron chi connectivity index (χ0n) is 33.4. The molecule has 302 valence electrons. The average Bonchev–Trinajstić information content (AvgIpc) is 3.58. The summed E-state index contributed by atoms with van der Waals surface area (Å²) in [5.41, 5.74) is 5.02. The summed E-state index contributed by atoms with van der Waals surface area (Å²) in [5.74, 6) is 0.385. The summed E-state index contributed by atoms with van der Waals surface area (Å²) in [6.45, 7) is 12.7. The van der Waals surface area contributed by atoms with Crippen LogP contribution >= 0.6 is 0 Å². The van der Waals surface area contributed by atoms with Gasteiger partial charge in [0.25, 0.3) is 0 Å². The largest absolute Gasteiger partial charge is 0.377 e. The van der Waals surface area contributed by atoms with E-state index in [1.54, 1.807) is 4.90 Å². The van der Waals surface area contributed by atoms with Crippen molar-refractivity contribution in [3.05, 3.63) is 54.1 Å². The highest BCUT2D eigenvalue weighted by Gasteiger charge is 2.29. The Hall–Kier alpha value is -4.17. The summed E-state index contributed by atoms with van der Waals surface area (Å²) >= 11 is 0. The van der Waals surface area contributed by atoms with Crippen LogP contribution in [0.15, 0.2) is 48.5 Å². The molecule has 1 aliphatic rings.